The molecule has 114 valence electrons. The van der Waals surface area contributed by atoms with E-state index in [9.17, 15) is 13.2 Å². The van der Waals surface area contributed by atoms with E-state index in [1.807, 2.05) is 26.2 Å². The molecular weight excluding hydrogens is 279 g/mol. The maximum atomic E-state index is 12.4. The standard InChI is InChI=1S/C15H18F3N3/c1-11(5-7-13-4-3-9-21(13)2)20-14-8-6-12(10-19-14)15(16,17)18/h3-4,6,8-11H,5,7H2,1-2H3,(H,19,20)/t11-/m1/s1. The normalized spacial score (nSPS) is 13.2. The summed E-state index contributed by atoms with van der Waals surface area (Å²) in [4.78, 5) is 3.81. The van der Waals surface area contributed by atoms with Crippen molar-refractivity contribution in [1.82, 2.24) is 9.55 Å². The predicted octanol–water partition coefficient (Wildman–Crippen LogP) is 3.87. The van der Waals surface area contributed by atoms with Gasteiger partial charge in [0.2, 0.25) is 0 Å². The maximum absolute atomic E-state index is 12.4. The van der Waals surface area contributed by atoms with Crippen LogP contribution in [0.25, 0.3) is 0 Å². The van der Waals surface area contributed by atoms with E-state index in [0.717, 1.165) is 25.1 Å². The van der Waals surface area contributed by atoms with E-state index in [0.29, 0.717) is 5.82 Å². The molecule has 0 spiro atoms. The van der Waals surface area contributed by atoms with Crippen molar-refractivity contribution in [3.63, 3.8) is 0 Å². The molecular formula is C15H18F3N3. The van der Waals surface area contributed by atoms with Gasteiger partial charge in [0, 0.05) is 31.2 Å². The minimum atomic E-state index is -4.34. The number of alkyl halides is 3. The van der Waals surface area contributed by atoms with Crippen LogP contribution < -0.4 is 5.32 Å². The van der Waals surface area contributed by atoms with Gasteiger partial charge in [-0.05, 0) is 44.0 Å². The van der Waals surface area contributed by atoms with E-state index in [2.05, 4.69) is 20.9 Å². The van der Waals surface area contributed by atoms with Gasteiger partial charge in [0.1, 0.15) is 5.82 Å². The fraction of sp³-hybridized carbons (Fsp3) is 0.400. The number of anilines is 1. The van der Waals surface area contributed by atoms with Crippen LogP contribution in [0.3, 0.4) is 0 Å². The zero-order valence-electron chi connectivity index (χ0n) is 12.0. The minimum absolute atomic E-state index is 0.129. The summed E-state index contributed by atoms with van der Waals surface area (Å²) in [6.07, 6.45) is 0.277. The maximum Gasteiger partial charge on any atom is 0.417 e. The summed E-state index contributed by atoms with van der Waals surface area (Å²) in [6.45, 7) is 1.99. The summed E-state index contributed by atoms with van der Waals surface area (Å²) in [5, 5.41) is 3.11. The molecule has 3 nitrogen and oxygen atoms in total. The number of halogens is 3. The van der Waals surface area contributed by atoms with E-state index in [4.69, 9.17) is 0 Å². The van der Waals surface area contributed by atoms with Crippen molar-refractivity contribution in [3.05, 3.63) is 47.9 Å². The number of rotatable bonds is 5. The van der Waals surface area contributed by atoms with E-state index in [1.54, 1.807) is 0 Å². The van der Waals surface area contributed by atoms with Crippen LogP contribution >= 0.6 is 0 Å². The number of aryl methyl sites for hydroxylation is 2. The highest BCUT2D eigenvalue weighted by molar-refractivity contribution is 5.37. The molecule has 1 N–H and O–H groups in total. The molecule has 2 aromatic rings. The van der Waals surface area contributed by atoms with Gasteiger partial charge in [-0.15, -0.1) is 0 Å². The number of nitrogens with one attached hydrogen (secondary N) is 1. The molecule has 21 heavy (non-hydrogen) atoms. The van der Waals surface area contributed by atoms with Crippen molar-refractivity contribution in [2.75, 3.05) is 5.32 Å². The average molecular weight is 297 g/mol. The first-order valence-electron chi connectivity index (χ1n) is 6.76. The van der Waals surface area contributed by atoms with Crippen LogP contribution in [0.1, 0.15) is 24.6 Å². The van der Waals surface area contributed by atoms with Gasteiger partial charge in [0.15, 0.2) is 0 Å². The first-order valence-corrected chi connectivity index (χ1v) is 6.76. The van der Waals surface area contributed by atoms with Gasteiger partial charge in [0.25, 0.3) is 0 Å². The number of hydrogen-bond acceptors (Lipinski definition) is 2. The fourth-order valence-corrected chi connectivity index (χ4v) is 2.09. The largest absolute Gasteiger partial charge is 0.417 e. The molecule has 2 rings (SSSR count). The Labute approximate surface area is 121 Å². The van der Waals surface area contributed by atoms with E-state index in [-0.39, 0.29) is 6.04 Å². The van der Waals surface area contributed by atoms with E-state index < -0.39 is 11.7 Å². The molecule has 0 aliphatic rings. The van der Waals surface area contributed by atoms with E-state index in [1.165, 1.54) is 11.8 Å². The predicted molar refractivity (Wildman–Crippen MR) is 76.1 cm³/mol. The molecule has 0 radical (unpaired) electrons. The Bertz CT molecular complexity index is 573. The Morgan fingerprint density at radius 2 is 2.05 bits per heavy atom. The summed E-state index contributed by atoms with van der Waals surface area (Å²) in [6, 6.07) is 6.58. The second kappa shape index (κ2) is 6.20. The van der Waals surface area contributed by atoms with Crippen LogP contribution in [0, 0.1) is 0 Å². The van der Waals surface area contributed by atoms with Gasteiger partial charge in [-0.25, -0.2) is 4.98 Å². The van der Waals surface area contributed by atoms with Crippen LogP contribution in [-0.2, 0) is 19.6 Å². The third-order valence-electron chi connectivity index (χ3n) is 3.37. The number of hydrogen-bond donors (Lipinski definition) is 1. The first kappa shape index (κ1) is 15.4. The lowest BCUT2D eigenvalue weighted by molar-refractivity contribution is -0.137. The zero-order valence-corrected chi connectivity index (χ0v) is 12.0. The van der Waals surface area contributed by atoms with Gasteiger partial charge < -0.3 is 9.88 Å². The molecule has 0 aliphatic carbocycles. The monoisotopic (exact) mass is 297 g/mol. The Morgan fingerprint density at radius 3 is 2.57 bits per heavy atom. The molecule has 0 fully saturated rings. The molecule has 0 aliphatic heterocycles. The lowest BCUT2D eigenvalue weighted by Crippen LogP contribution is -2.17. The fourth-order valence-electron chi connectivity index (χ4n) is 2.09. The second-order valence-electron chi connectivity index (χ2n) is 5.12. The molecule has 6 heteroatoms. The molecule has 0 aromatic carbocycles. The van der Waals surface area contributed by atoms with Crippen LogP contribution in [0.5, 0.6) is 0 Å². The average Bonchev–Trinajstić information content (AvgIpc) is 2.81. The molecule has 0 bridgehead atoms. The van der Waals surface area contributed by atoms with Crippen LogP contribution in [0.4, 0.5) is 19.0 Å². The summed E-state index contributed by atoms with van der Waals surface area (Å²) >= 11 is 0. The molecule has 1 atom stereocenters. The summed E-state index contributed by atoms with van der Waals surface area (Å²) in [7, 11) is 1.99. The van der Waals surface area contributed by atoms with Crippen molar-refractivity contribution >= 4 is 5.82 Å². The molecule has 2 aromatic heterocycles. The van der Waals surface area contributed by atoms with Gasteiger partial charge in [-0.1, -0.05) is 0 Å². The minimum Gasteiger partial charge on any atom is -0.368 e. The quantitative estimate of drug-likeness (QED) is 0.908. The Hall–Kier alpha value is -1.98. The van der Waals surface area contributed by atoms with Crippen LogP contribution in [-0.4, -0.2) is 15.6 Å². The van der Waals surface area contributed by atoms with Crippen molar-refractivity contribution in [2.24, 2.45) is 7.05 Å². The van der Waals surface area contributed by atoms with Gasteiger partial charge in [-0.2, -0.15) is 13.2 Å². The lowest BCUT2D eigenvalue weighted by atomic mass is 10.1. The summed E-state index contributed by atoms with van der Waals surface area (Å²) in [5.74, 6) is 0.461. The number of nitrogens with zero attached hydrogens (tertiary/aromatic N) is 2. The Morgan fingerprint density at radius 1 is 1.29 bits per heavy atom. The SMILES string of the molecule is C[C@H](CCc1cccn1C)Nc1ccc(C(F)(F)F)cn1. The number of aromatic nitrogens is 2. The van der Waals surface area contributed by atoms with Crippen molar-refractivity contribution in [1.29, 1.82) is 0 Å². The summed E-state index contributed by atoms with van der Waals surface area (Å²) in [5.41, 5.74) is 0.494. The van der Waals surface area contributed by atoms with E-state index >= 15 is 0 Å². The third kappa shape index (κ3) is 4.24. The number of pyridine rings is 1. The molecule has 0 amide bonds. The zero-order chi connectivity index (χ0) is 15.5. The van der Waals surface area contributed by atoms with Crippen molar-refractivity contribution in [3.8, 4) is 0 Å². The third-order valence-corrected chi connectivity index (χ3v) is 3.37. The Balaban J connectivity index is 1.88. The van der Waals surface area contributed by atoms with Crippen molar-refractivity contribution in [2.45, 2.75) is 32.0 Å². The Kier molecular flexibility index (Phi) is 4.55. The lowest BCUT2D eigenvalue weighted by Gasteiger charge is -2.15. The molecule has 0 saturated carbocycles. The second-order valence-corrected chi connectivity index (χ2v) is 5.12. The van der Waals surface area contributed by atoms with Crippen LogP contribution in [0.2, 0.25) is 0 Å². The highest BCUT2D eigenvalue weighted by atomic mass is 19.4. The smallest absolute Gasteiger partial charge is 0.368 e. The highest BCUT2D eigenvalue weighted by Gasteiger charge is 2.30. The molecule has 0 unspecified atom stereocenters. The first-order chi connectivity index (χ1) is 9.86. The van der Waals surface area contributed by atoms with Crippen LogP contribution in [0.15, 0.2) is 36.7 Å². The highest BCUT2D eigenvalue weighted by Crippen LogP contribution is 2.28. The van der Waals surface area contributed by atoms with Crippen molar-refractivity contribution < 1.29 is 13.2 Å². The van der Waals surface area contributed by atoms with Gasteiger partial charge >= 0.3 is 6.18 Å². The van der Waals surface area contributed by atoms with Gasteiger partial charge in [-0.3, -0.25) is 0 Å². The summed E-state index contributed by atoms with van der Waals surface area (Å²) < 4.78 is 39.4. The topological polar surface area (TPSA) is 29.9 Å². The molecule has 2 heterocycles. The molecule has 0 saturated heterocycles. The van der Waals surface area contributed by atoms with Gasteiger partial charge in [0.05, 0.1) is 5.56 Å².